The number of ether oxygens (including phenoxy) is 1. The Bertz CT molecular complexity index is 561. The normalized spacial score (nSPS) is 21.9. The lowest BCUT2D eigenvalue weighted by Gasteiger charge is -2.23. The van der Waals surface area contributed by atoms with Gasteiger partial charge >= 0.3 is 0 Å². The molecule has 6 heteroatoms. The number of benzene rings is 1. The van der Waals surface area contributed by atoms with Crippen molar-refractivity contribution in [1.29, 1.82) is 0 Å². The summed E-state index contributed by atoms with van der Waals surface area (Å²) in [6, 6.07) is 7.12. The van der Waals surface area contributed by atoms with E-state index in [1.807, 2.05) is 0 Å². The van der Waals surface area contributed by atoms with Crippen molar-refractivity contribution < 1.29 is 14.3 Å². The fourth-order valence-corrected chi connectivity index (χ4v) is 3.12. The molecule has 0 aromatic heterocycles. The van der Waals surface area contributed by atoms with Crippen LogP contribution >= 0.6 is 0 Å². The van der Waals surface area contributed by atoms with Crippen molar-refractivity contribution >= 4 is 17.5 Å². The monoisotopic (exact) mass is 331 g/mol. The van der Waals surface area contributed by atoms with Crippen LogP contribution in [0.2, 0.25) is 0 Å². The van der Waals surface area contributed by atoms with E-state index in [2.05, 4.69) is 16.0 Å². The van der Waals surface area contributed by atoms with Gasteiger partial charge in [0.1, 0.15) is 0 Å². The third-order valence-electron chi connectivity index (χ3n) is 4.60. The Labute approximate surface area is 142 Å². The second-order valence-electron chi connectivity index (χ2n) is 6.43. The van der Waals surface area contributed by atoms with Gasteiger partial charge in [-0.2, -0.15) is 0 Å². The number of piperidine rings is 1. The van der Waals surface area contributed by atoms with Gasteiger partial charge in [-0.05, 0) is 56.5 Å². The minimum Gasteiger partial charge on any atom is -0.381 e. The quantitative estimate of drug-likeness (QED) is 0.784. The predicted molar refractivity (Wildman–Crippen MR) is 92.0 cm³/mol. The summed E-state index contributed by atoms with van der Waals surface area (Å²) in [5, 5.41) is 9.17. The van der Waals surface area contributed by atoms with E-state index in [4.69, 9.17) is 4.74 Å². The Morgan fingerprint density at radius 2 is 1.79 bits per heavy atom. The zero-order chi connectivity index (χ0) is 16.8. The molecule has 3 N–H and O–H groups in total. The lowest BCUT2D eigenvalue weighted by molar-refractivity contribution is -0.118. The van der Waals surface area contributed by atoms with E-state index >= 15 is 0 Å². The molecule has 6 nitrogen and oxygen atoms in total. The van der Waals surface area contributed by atoms with E-state index in [0.717, 1.165) is 44.3 Å². The number of nitrogens with one attached hydrogen (secondary N) is 3. The molecular formula is C18H25N3O3. The summed E-state index contributed by atoms with van der Waals surface area (Å²) >= 11 is 0. The summed E-state index contributed by atoms with van der Waals surface area (Å²) < 4.78 is 5.29. The van der Waals surface area contributed by atoms with Gasteiger partial charge in [0.05, 0.1) is 6.04 Å². The molecular weight excluding hydrogens is 306 g/mol. The molecule has 1 aromatic carbocycles. The van der Waals surface area contributed by atoms with Crippen molar-refractivity contribution in [3.05, 3.63) is 29.8 Å². The second kappa shape index (κ2) is 8.26. The molecule has 1 atom stereocenters. The van der Waals surface area contributed by atoms with E-state index in [1.165, 1.54) is 0 Å². The van der Waals surface area contributed by atoms with Crippen LogP contribution in [0.4, 0.5) is 5.69 Å². The predicted octanol–water partition coefficient (Wildman–Crippen LogP) is 1.68. The zero-order valence-electron chi connectivity index (χ0n) is 13.8. The summed E-state index contributed by atoms with van der Waals surface area (Å²) in [7, 11) is 0. The van der Waals surface area contributed by atoms with Gasteiger partial charge in [0.25, 0.3) is 5.91 Å². The Morgan fingerprint density at radius 1 is 1.04 bits per heavy atom. The molecule has 2 aliphatic heterocycles. The topological polar surface area (TPSA) is 79.5 Å². The average Bonchev–Trinajstić information content (AvgIpc) is 2.64. The first-order valence-corrected chi connectivity index (χ1v) is 8.75. The number of hydrogen-bond acceptors (Lipinski definition) is 4. The molecule has 1 aromatic rings. The molecule has 3 rings (SSSR count). The lowest BCUT2D eigenvalue weighted by Crippen LogP contribution is -2.43. The van der Waals surface area contributed by atoms with E-state index in [9.17, 15) is 9.59 Å². The van der Waals surface area contributed by atoms with Crippen LogP contribution in [0.5, 0.6) is 0 Å². The number of anilines is 1. The van der Waals surface area contributed by atoms with Crippen LogP contribution in [0.1, 0.15) is 42.5 Å². The number of carbonyl (C=O) groups is 2. The molecule has 0 radical (unpaired) electrons. The van der Waals surface area contributed by atoms with Crippen molar-refractivity contribution in [1.82, 2.24) is 10.6 Å². The van der Waals surface area contributed by atoms with Gasteiger partial charge in [0, 0.05) is 30.5 Å². The highest BCUT2D eigenvalue weighted by Crippen LogP contribution is 2.14. The number of rotatable bonds is 4. The molecule has 130 valence electrons. The molecule has 0 spiro atoms. The largest absolute Gasteiger partial charge is 0.381 e. The summed E-state index contributed by atoms with van der Waals surface area (Å²) in [6.07, 6.45) is 4.79. The maximum Gasteiger partial charge on any atom is 0.251 e. The first-order valence-electron chi connectivity index (χ1n) is 8.75. The molecule has 1 unspecified atom stereocenters. The molecule has 2 fully saturated rings. The lowest BCUT2D eigenvalue weighted by atomic mass is 10.0. The minimum atomic E-state index is -0.116. The molecule has 2 saturated heterocycles. The van der Waals surface area contributed by atoms with Crippen LogP contribution in [0.3, 0.4) is 0 Å². The zero-order valence-corrected chi connectivity index (χ0v) is 13.8. The first kappa shape index (κ1) is 16.9. The van der Waals surface area contributed by atoms with Crippen LogP contribution in [-0.4, -0.2) is 43.7 Å². The fourth-order valence-electron chi connectivity index (χ4n) is 3.12. The third kappa shape index (κ3) is 4.55. The van der Waals surface area contributed by atoms with Crippen molar-refractivity contribution in [2.45, 2.75) is 44.2 Å². The Hall–Kier alpha value is -1.92. The molecule has 0 bridgehead atoms. The number of carbonyl (C=O) groups excluding carboxylic acids is 2. The van der Waals surface area contributed by atoms with Crippen LogP contribution < -0.4 is 16.0 Å². The average molecular weight is 331 g/mol. The van der Waals surface area contributed by atoms with E-state index in [0.29, 0.717) is 18.8 Å². The van der Waals surface area contributed by atoms with Crippen LogP contribution in [0.25, 0.3) is 0 Å². The van der Waals surface area contributed by atoms with Crippen molar-refractivity contribution in [2.75, 3.05) is 25.1 Å². The van der Waals surface area contributed by atoms with Gasteiger partial charge < -0.3 is 20.7 Å². The highest BCUT2D eigenvalue weighted by Gasteiger charge is 2.21. The molecule has 2 heterocycles. The SMILES string of the molecule is O=C(NC1CCOCC1)c1ccc(NC(=O)C2CCCCN2)cc1. The highest BCUT2D eigenvalue weighted by molar-refractivity contribution is 5.97. The van der Waals surface area contributed by atoms with Gasteiger partial charge in [-0.15, -0.1) is 0 Å². The van der Waals surface area contributed by atoms with Crippen molar-refractivity contribution in [3.8, 4) is 0 Å². The highest BCUT2D eigenvalue weighted by atomic mass is 16.5. The van der Waals surface area contributed by atoms with Gasteiger partial charge in [-0.1, -0.05) is 6.42 Å². The maximum absolute atomic E-state index is 12.2. The van der Waals surface area contributed by atoms with Crippen molar-refractivity contribution in [3.63, 3.8) is 0 Å². The summed E-state index contributed by atoms with van der Waals surface area (Å²) in [6.45, 7) is 2.29. The Balaban J connectivity index is 1.52. The fraction of sp³-hybridized carbons (Fsp3) is 0.556. The van der Waals surface area contributed by atoms with E-state index in [1.54, 1.807) is 24.3 Å². The van der Waals surface area contributed by atoms with Crippen LogP contribution in [0, 0.1) is 0 Å². The Morgan fingerprint density at radius 3 is 2.46 bits per heavy atom. The number of hydrogen-bond donors (Lipinski definition) is 3. The van der Waals surface area contributed by atoms with Gasteiger partial charge in [-0.3, -0.25) is 9.59 Å². The van der Waals surface area contributed by atoms with Crippen molar-refractivity contribution in [2.24, 2.45) is 0 Å². The van der Waals surface area contributed by atoms with Gasteiger partial charge in [0.15, 0.2) is 0 Å². The molecule has 2 amide bonds. The summed E-state index contributed by atoms with van der Waals surface area (Å²) in [4.78, 5) is 24.4. The maximum atomic E-state index is 12.2. The third-order valence-corrected chi connectivity index (χ3v) is 4.60. The van der Waals surface area contributed by atoms with E-state index in [-0.39, 0.29) is 23.9 Å². The molecule has 0 saturated carbocycles. The van der Waals surface area contributed by atoms with Crippen LogP contribution in [0.15, 0.2) is 24.3 Å². The van der Waals surface area contributed by atoms with Gasteiger partial charge in [0.2, 0.25) is 5.91 Å². The number of amides is 2. The van der Waals surface area contributed by atoms with E-state index < -0.39 is 0 Å². The Kier molecular flexibility index (Phi) is 5.82. The summed E-state index contributed by atoms with van der Waals surface area (Å²) in [5.41, 5.74) is 1.32. The first-order chi connectivity index (χ1) is 11.7. The van der Waals surface area contributed by atoms with Gasteiger partial charge in [-0.25, -0.2) is 0 Å². The van der Waals surface area contributed by atoms with Crippen LogP contribution in [-0.2, 0) is 9.53 Å². The minimum absolute atomic E-state index is 0.00546. The molecule has 2 aliphatic rings. The molecule has 0 aliphatic carbocycles. The second-order valence-corrected chi connectivity index (χ2v) is 6.43. The summed E-state index contributed by atoms with van der Waals surface area (Å²) in [5.74, 6) is -0.0807. The standard InChI is InChI=1S/C18H25N3O3/c22-17(20-15-8-11-24-12-9-15)13-4-6-14(7-5-13)21-18(23)16-3-1-2-10-19-16/h4-7,15-16,19H,1-3,8-12H2,(H,20,22)(H,21,23). The smallest absolute Gasteiger partial charge is 0.251 e. The molecule has 24 heavy (non-hydrogen) atoms.